The fraction of sp³-hybridized carbons (Fsp3) is 0.229. The van der Waals surface area contributed by atoms with Gasteiger partial charge in [0.25, 0.3) is 5.91 Å². The van der Waals surface area contributed by atoms with Crippen LogP contribution in [0.2, 0.25) is 0 Å². The summed E-state index contributed by atoms with van der Waals surface area (Å²) in [4.78, 5) is 39.3. The maximum Gasteiger partial charge on any atom is 0.311 e. The van der Waals surface area contributed by atoms with Crippen LogP contribution in [0, 0.1) is 5.92 Å². The largest absolute Gasteiger partial charge is 0.457 e. The molecule has 8 nitrogen and oxygen atoms in total. The highest BCUT2D eigenvalue weighted by atomic mass is 16.5. The number of anilines is 2. The molecule has 0 unspecified atom stereocenters. The van der Waals surface area contributed by atoms with E-state index >= 15 is 0 Å². The van der Waals surface area contributed by atoms with Crippen LogP contribution in [0.5, 0.6) is 23.0 Å². The number of amides is 2. The van der Waals surface area contributed by atoms with Crippen molar-refractivity contribution in [3.8, 4) is 23.0 Å². The molecule has 4 aromatic carbocycles. The Morgan fingerprint density at radius 2 is 1.30 bits per heavy atom. The second-order valence-electron chi connectivity index (χ2n) is 11.4. The molecule has 43 heavy (non-hydrogen) atoms. The summed E-state index contributed by atoms with van der Waals surface area (Å²) in [6.45, 7) is 6.21. The average Bonchev–Trinajstić information content (AvgIpc) is 3.39. The van der Waals surface area contributed by atoms with Gasteiger partial charge in [0, 0.05) is 24.3 Å². The van der Waals surface area contributed by atoms with E-state index in [9.17, 15) is 14.4 Å². The molecule has 0 spiro atoms. The van der Waals surface area contributed by atoms with E-state index in [1.807, 2.05) is 42.5 Å². The molecule has 5 rings (SSSR count). The molecule has 4 aromatic rings. The van der Waals surface area contributed by atoms with Crippen molar-refractivity contribution < 1.29 is 28.6 Å². The predicted molar refractivity (Wildman–Crippen MR) is 165 cm³/mol. The lowest BCUT2D eigenvalue weighted by Gasteiger charge is -2.19. The quantitative estimate of drug-likeness (QED) is 0.213. The number of nitrogens with zero attached hydrogens (tertiary/aromatic N) is 1. The Morgan fingerprint density at radius 3 is 1.88 bits per heavy atom. The van der Waals surface area contributed by atoms with Gasteiger partial charge in [0.15, 0.2) is 6.61 Å². The summed E-state index contributed by atoms with van der Waals surface area (Å²) in [5.41, 5.74) is 2.48. The summed E-state index contributed by atoms with van der Waals surface area (Å²) in [6, 6.07) is 31.3. The first-order valence-electron chi connectivity index (χ1n) is 14.1. The van der Waals surface area contributed by atoms with Gasteiger partial charge in [-0.15, -0.1) is 0 Å². The first-order valence-corrected chi connectivity index (χ1v) is 14.1. The lowest BCUT2D eigenvalue weighted by molar-refractivity contribution is -0.151. The molecule has 1 N–H and O–H groups in total. The lowest BCUT2D eigenvalue weighted by Crippen LogP contribution is -2.28. The highest BCUT2D eigenvalue weighted by molar-refractivity contribution is 6.00. The summed E-state index contributed by atoms with van der Waals surface area (Å²) < 4.78 is 16.9. The van der Waals surface area contributed by atoms with Gasteiger partial charge in [-0.05, 0) is 83.8 Å². The highest BCUT2D eigenvalue weighted by Crippen LogP contribution is 2.31. The van der Waals surface area contributed by atoms with Gasteiger partial charge in [-0.1, -0.05) is 51.1 Å². The average molecular weight is 579 g/mol. The Labute approximate surface area is 251 Å². The van der Waals surface area contributed by atoms with E-state index in [1.54, 1.807) is 53.4 Å². The molecule has 1 aliphatic rings. The van der Waals surface area contributed by atoms with E-state index in [0.717, 1.165) is 5.75 Å². The number of carbonyl (C=O) groups is 3. The number of nitrogens with one attached hydrogen (secondary N) is 1. The summed E-state index contributed by atoms with van der Waals surface area (Å²) in [5.74, 6) is 0.782. The maximum absolute atomic E-state index is 12.7. The van der Waals surface area contributed by atoms with Crippen molar-refractivity contribution in [1.29, 1.82) is 0 Å². The topological polar surface area (TPSA) is 94.2 Å². The Bertz CT molecular complexity index is 1560. The first kappa shape index (κ1) is 29.4. The lowest BCUT2D eigenvalue weighted by atomic mass is 9.87. The standard InChI is InChI=1S/C35H34N2O6/c1-35(2,3)25-9-15-29(16-10-25)43-31-19-13-27(14-20-31)37-22-24(21-33(37)39)34(40)41-23-32(38)36-26-11-17-30(18-12-26)42-28-7-5-4-6-8-28/h4-20,24H,21-23H2,1-3H3,(H,36,38)/t24-/m1/s1. The molecule has 0 aliphatic carbocycles. The summed E-state index contributed by atoms with van der Waals surface area (Å²) in [6.07, 6.45) is 0.0156. The molecule has 2 amide bonds. The van der Waals surface area contributed by atoms with Crippen molar-refractivity contribution in [3.63, 3.8) is 0 Å². The minimum absolute atomic E-state index is 0.0156. The normalized spacial score (nSPS) is 14.7. The van der Waals surface area contributed by atoms with Crippen molar-refractivity contribution in [2.45, 2.75) is 32.6 Å². The second-order valence-corrected chi connectivity index (χ2v) is 11.4. The van der Waals surface area contributed by atoms with E-state index in [0.29, 0.717) is 28.6 Å². The minimum atomic E-state index is -0.660. The zero-order valence-corrected chi connectivity index (χ0v) is 24.4. The van der Waals surface area contributed by atoms with Gasteiger partial charge < -0.3 is 24.4 Å². The van der Waals surface area contributed by atoms with E-state index in [2.05, 4.69) is 38.2 Å². The van der Waals surface area contributed by atoms with Gasteiger partial charge in [0.2, 0.25) is 5.91 Å². The zero-order chi connectivity index (χ0) is 30.4. The molecule has 0 aromatic heterocycles. The molecule has 1 atom stereocenters. The van der Waals surface area contributed by atoms with Crippen molar-refractivity contribution in [2.24, 2.45) is 5.92 Å². The number of carbonyl (C=O) groups excluding carboxylic acids is 3. The Kier molecular flexibility index (Phi) is 8.76. The first-order chi connectivity index (χ1) is 20.6. The van der Waals surface area contributed by atoms with Crippen LogP contribution < -0.4 is 19.7 Å². The van der Waals surface area contributed by atoms with Crippen molar-refractivity contribution in [1.82, 2.24) is 0 Å². The highest BCUT2D eigenvalue weighted by Gasteiger charge is 2.36. The van der Waals surface area contributed by atoms with Crippen LogP contribution in [0.3, 0.4) is 0 Å². The Morgan fingerprint density at radius 1 is 0.767 bits per heavy atom. The van der Waals surface area contributed by atoms with Crippen molar-refractivity contribution in [2.75, 3.05) is 23.4 Å². The number of esters is 1. The molecule has 0 saturated carbocycles. The molecule has 1 fully saturated rings. The number of hydrogen-bond acceptors (Lipinski definition) is 6. The van der Waals surface area contributed by atoms with E-state index in [4.69, 9.17) is 14.2 Å². The maximum atomic E-state index is 12.7. The number of rotatable bonds is 9. The predicted octanol–water partition coefficient (Wildman–Crippen LogP) is 7.10. The minimum Gasteiger partial charge on any atom is -0.457 e. The van der Waals surface area contributed by atoms with Gasteiger partial charge in [-0.3, -0.25) is 14.4 Å². The third-order valence-corrected chi connectivity index (χ3v) is 7.03. The van der Waals surface area contributed by atoms with Crippen LogP contribution in [0.1, 0.15) is 32.8 Å². The molecule has 220 valence electrons. The molecule has 8 heteroatoms. The van der Waals surface area contributed by atoms with E-state index < -0.39 is 24.4 Å². The second kappa shape index (κ2) is 12.8. The molecule has 0 radical (unpaired) electrons. The third kappa shape index (κ3) is 7.80. The van der Waals surface area contributed by atoms with Gasteiger partial charge in [0.1, 0.15) is 23.0 Å². The van der Waals surface area contributed by atoms with Crippen LogP contribution >= 0.6 is 0 Å². The number of hydrogen-bond donors (Lipinski definition) is 1. The SMILES string of the molecule is CC(C)(C)c1ccc(Oc2ccc(N3C[C@H](C(=O)OCC(=O)Nc4ccc(Oc5ccccc5)cc4)CC3=O)cc2)cc1. The Balaban J connectivity index is 1.08. The van der Waals surface area contributed by atoms with Crippen LogP contribution in [0.25, 0.3) is 0 Å². The summed E-state index contributed by atoms with van der Waals surface area (Å²) in [5, 5.41) is 2.69. The number of para-hydroxylation sites is 1. The molecular formula is C35H34N2O6. The fourth-order valence-corrected chi connectivity index (χ4v) is 4.65. The molecule has 0 bridgehead atoms. The van der Waals surface area contributed by atoms with Crippen molar-refractivity contribution >= 4 is 29.2 Å². The van der Waals surface area contributed by atoms with Crippen LogP contribution in [-0.2, 0) is 24.5 Å². The van der Waals surface area contributed by atoms with Gasteiger partial charge in [0.05, 0.1) is 5.92 Å². The van der Waals surface area contributed by atoms with Crippen LogP contribution in [0.15, 0.2) is 103 Å². The van der Waals surface area contributed by atoms with E-state index in [1.165, 1.54) is 5.56 Å². The fourth-order valence-electron chi connectivity index (χ4n) is 4.65. The molecular weight excluding hydrogens is 544 g/mol. The third-order valence-electron chi connectivity index (χ3n) is 7.03. The summed E-state index contributed by atoms with van der Waals surface area (Å²) in [7, 11) is 0. The van der Waals surface area contributed by atoms with Crippen LogP contribution in [-0.4, -0.2) is 30.9 Å². The van der Waals surface area contributed by atoms with E-state index in [-0.39, 0.29) is 24.3 Å². The Hall–Kier alpha value is -5.11. The smallest absolute Gasteiger partial charge is 0.311 e. The van der Waals surface area contributed by atoms with Crippen LogP contribution in [0.4, 0.5) is 11.4 Å². The molecule has 1 heterocycles. The zero-order valence-electron chi connectivity index (χ0n) is 24.4. The monoisotopic (exact) mass is 578 g/mol. The molecule has 1 saturated heterocycles. The molecule has 1 aliphatic heterocycles. The van der Waals surface area contributed by atoms with Gasteiger partial charge in [-0.25, -0.2) is 0 Å². The number of ether oxygens (including phenoxy) is 3. The van der Waals surface area contributed by atoms with Gasteiger partial charge >= 0.3 is 5.97 Å². The summed E-state index contributed by atoms with van der Waals surface area (Å²) >= 11 is 0. The number of benzene rings is 4. The van der Waals surface area contributed by atoms with Gasteiger partial charge in [-0.2, -0.15) is 0 Å². The van der Waals surface area contributed by atoms with Crippen molar-refractivity contribution in [3.05, 3.63) is 109 Å².